The van der Waals surface area contributed by atoms with E-state index in [0.29, 0.717) is 18.2 Å². The molecule has 0 amide bonds. The van der Waals surface area contributed by atoms with Gasteiger partial charge in [-0.05, 0) is 24.5 Å². The third-order valence-electron chi connectivity index (χ3n) is 3.40. The van der Waals surface area contributed by atoms with E-state index in [2.05, 4.69) is 28.9 Å². The first-order chi connectivity index (χ1) is 9.55. The SMILES string of the molecule is CCCCC(CC)CNS(=O)(=O)c1ncccc1NC. The van der Waals surface area contributed by atoms with E-state index in [1.165, 1.54) is 6.20 Å². The summed E-state index contributed by atoms with van der Waals surface area (Å²) in [5.41, 5.74) is 0.515. The first-order valence-electron chi connectivity index (χ1n) is 7.17. The number of anilines is 1. The minimum absolute atomic E-state index is 0.0628. The van der Waals surface area contributed by atoms with Crippen molar-refractivity contribution in [3.05, 3.63) is 18.3 Å². The van der Waals surface area contributed by atoms with Gasteiger partial charge in [-0.2, -0.15) is 0 Å². The highest BCUT2D eigenvalue weighted by Crippen LogP contribution is 2.18. The summed E-state index contributed by atoms with van der Waals surface area (Å²) < 4.78 is 27.3. The number of unbranched alkanes of at least 4 members (excludes halogenated alkanes) is 1. The van der Waals surface area contributed by atoms with Gasteiger partial charge in [-0.3, -0.25) is 0 Å². The van der Waals surface area contributed by atoms with Gasteiger partial charge in [-0.1, -0.05) is 33.1 Å². The lowest BCUT2D eigenvalue weighted by atomic mass is 10.00. The van der Waals surface area contributed by atoms with Crippen molar-refractivity contribution in [3.63, 3.8) is 0 Å². The molecule has 6 heteroatoms. The molecule has 1 rings (SSSR count). The monoisotopic (exact) mass is 299 g/mol. The maximum atomic E-state index is 12.3. The minimum atomic E-state index is -3.56. The largest absolute Gasteiger partial charge is 0.386 e. The molecule has 0 aliphatic rings. The molecule has 0 aliphatic heterocycles. The summed E-state index contributed by atoms with van der Waals surface area (Å²) in [6.07, 6.45) is 5.78. The van der Waals surface area contributed by atoms with Crippen molar-refractivity contribution in [2.45, 2.75) is 44.6 Å². The van der Waals surface area contributed by atoms with E-state index in [-0.39, 0.29) is 5.03 Å². The summed E-state index contributed by atoms with van der Waals surface area (Å²) in [4.78, 5) is 3.97. The van der Waals surface area contributed by atoms with Crippen molar-refractivity contribution in [3.8, 4) is 0 Å². The van der Waals surface area contributed by atoms with E-state index in [1.807, 2.05) is 0 Å². The minimum Gasteiger partial charge on any atom is -0.386 e. The molecule has 2 N–H and O–H groups in total. The molecule has 0 saturated carbocycles. The summed E-state index contributed by atoms with van der Waals surface area (Å²) in [5.74, 6) is 0.381. The molecule has 20 heavy (non-hydrogen) atoms. The van der Waals surface area contributed by atoms with Crippen LogP contribution >= 0.6 is 0 Å². The van der Waals surface area contributed by atoms with Gasteiger partial charge in [0.05, 0.1) is 5.69 Å². The highest BCUT2D eigenvalue weighted by atomic mass is 32.2. The van der Waals surface area contributed by atoms with Crippen molar-refractivity contribution in [2.24, 2.45) is 5.92 Å². The van der Waals surface area contributed by atoms with Gasteiger partial charge in [-0.25, -0.2) is 18.1 Å². The zero-order valence-corrected chi connectivity index (χ0v) is 13.3. The van der Waals surface area contributed by atoms with Crippen LogP contribution in [0.15, 0.2) is 23.4 Å². The first kappa shape index (κ1) is 16.9. The lowest BCUT2D eigenvalue weighted by Crippen LogP contribution is -2.30. The van der Waals surface area contributed by atoms with E-state index >= 15 is 0 Å². The van der Waals surface area contributed by atoms with Crippen molar-refractivity contribution in [2.75, 3.05) is 18.9 Å². The number of hydrogen-bond donors (Lipinski definition) is 2. The number of hydrogen-bond acceptors (Lipinski definition) is 4. The number of aromatic nitrogens is 1. The van der Waals surface area contributed by atoms with E-state index < -0.39 is 10.0 Å². The molecule has 0 radical (unpaired) electrons. The topological polar surface area (TPSA) is 71.1 Å². The van der Waals surface area contributed by atoms with Crippen LogP contribution in [0.1, 0.15) is 39.5 Å². The summed E-state index contributed by atoms with van der Waals surface area (Å²) >= 11 is 0. The summed E-state index contributed by atoms with van der Waals surface area (Å²) in [5, 5.41) is 2.92. The van der Waals surface area contributed by atoms with Gasteiger partial charge >= 0.3 is 0 Å². The Hall–Kier alpha value is -1.14. The van der Waals surface area contributed by atoms with Crippen LogP contribution in [-0.2, 0) is 10.0 Å². The van der Waals surface area contributed by atoms with Crippen LogP contribution in [0.25, 0.3) is 0 Å². The normalized spacial score (nSPS) is 13.2. The molecule has 1 atom stereocenters. The maximum Gasteiger partial charge on any atom is 0.260 e. The van der Waals surface area contributed by atoms with E-state index in [4.69, 9.17) is 0 Å². The number of pyridine rings is 1. The van der Waals surface area contributed by atoms with Gasteiger partial charge in [0.2, 0.25) is 0 Å². The molecule has 0 fully saturated rings. The molecule has 0 saturated heterocycles. The predicted octanol–water partition coefficient (Wildman–Crippen LogP) is 2.62. The van der Waals surface area contributed by atoms with Crippen molar-refractivity contribution in [1.82, 2.24) is 9.71 Å². The Morgan fingerprint density at radius 2 is 2.10 bits per heavy atom. The van der Waals surface area contributed by atoms with Crippen LogP contribution in [0.4, 0.5) is 5.69 Å². The fraction of sp³-hybridized carbons (Fsp3) is 0.643. The van der Waals surface area contributed by atoms with Gasteiger partial charge in [0.1, 0.15) is 0 Å². The molecule has 0 aliphatic carbocycles. The average Bonchev–Trinajstić information content (AvgIpc) is 2.47. The van der Waals surface area contributed by atoms with E-state index in [9.17, 15) is 8.42 Å². The Bertz CT molecular complexity index is 503. The predicted molar refractivity (Wildman–Crippen MR) is 82.3 cm³/mol. The second-order valence-electron chi connectivity index (χ2n) is 4.87. The van der Waals surface area contributed by atoms with Crippen molar-refractivity contribution < 1.29 is 8.42 Å². The van der Waals surface area contributed by atoms with Gasteiger partial charge in [0.15, 0.2) is 5.03 Å². The lowest BCUT2D eigenvalue weighted by molar-refractivity contribution is 0.443. The number of nitrogens with zero attached hydrogens (tertiary/aromatic N) is 1. The molecule has 0 spiro atoms. The Morgan fingerprint density at radius 3 is 2.70 bits per heavy atom. The highest BCUT2D eigenvalue weighted by Gasteiger charge is 2.20. The molecule has 5 nitrogen and oxygen atoms in total. The zero-order valence-electron chi connectivity index (χ0n) is 12.5. The Kier molecular flexibility index (Phi) is 6.95. The second kappa shape index (κ2) is 8.21. The molecule has 1 heterocycles. The van der Waals surface area contributed by atoms with Crippen molar-refractivity contribution in [1.29, 1.82) is 0 Å². The van der Waals surface area contributed by atoms with Crippen molar-refractivity contribution >= 4 is 15.7 Å². The van der Waals surface area contributed by atoms with Crippen LogP contribution in [0.2, 0.25) is 0 Å². The quantitative estimate of drug-likeness (QED) is 0.735. The van der Waals surface area contributed by atoms with E-state index in [0.717, 1.165) is 25.7 Å². The van der Waals surface area contributed by atoms with Gasteiger partial charge in [0, 0.05) is 19.8 Å². The fourth-order valence-corrected chi connectivity index (χ4v) is 3.29. The van der Waals surface area contributed by atoms with E-state index in [1.54, 1.807) is 19.2 Å². The number of rotatable bonds is 9. The molecule has 1 unspecified atom stereocenters. The smallest absolute Gasteiger partial charge is 0.260 e. The summed E-state index contributed by atoms with van der Waals surface area (Å²) in [7, 11) is -1.87. The lowest BCUT2D eigenvalue weighted by Gasteiger charge is -2.16. The number of nitrogens with one attached hydrogen (secondary N) is 2. The van der Waals surface area contributed by atoms with Crippen LogP contribution in [0.5, 0.6) is 0 Å². The Labute approximate surface area is 122 Å². The highest BCUT2D eigenvalue weighted by molar-refractivity contribution is 7.89. The third kappa shape index (κ3) is 4.76. The summed E-state index contributed by atoms with van der Waals surface area (Å²) in [6, 6.07) is 3.41. The Morgan fingerprint density at radius 1 is 1.35 bits per heavy atom. The maximum absolute atomic E-state index is 12.3. The number of sulfonamides is 1. The Balaban J connectivity index is 2.74. The zero-order chi connectivity index (χ0) is 15.0. The van der Waals surface area contributed by atoms with Crippen LogP contribution in [-0.4, -0.2) is 27.0 Å². The molecular weight excluding hydrogens is 274 g/mol. The molecular formula is C14H25N3O2S. The average molecular weight is 299 g/mol. The first-order valence-corrected chi connectivity index (χ1v) is 8.65. The van der Waals surface area contributed by atoms with Gasteiger partial charge in [0.25, 0.3) is 10.0 Å². The fourth-order valence-electron chi connectivity index (χ4n) is 2.03. The third-order valence-corrected chi connectivity index (χ3v) is 4.78. The molecule has 0 bridgehead atoms. The molecule has 114 valence electrons. The van der Waals surface area contributed by atoms with Gasteiger partial charge < -0.3 is 5.32 Å². The van der Waals surface area contributed by atoms with Gasteiger partial charge in [-0.15, -0.1) is 0 Å². The second-order valence-corrected chi connectivity index (χ2v) is 6.56. The van der Waals surface area contributed by atoms with Crippen LogP contribution < -0.4 is 10.0 Å². The van der Waals surface area contributed by atoms with Crippen LogP contribution in [0, 0.1) is 5.92 Å². The summed E-state index contributed by atoms with van der Waals surface area (Å²) in [6.45, 7) is 4.71. The van der Waals surface area contributed by atoms with Crippen LogP contribution in [0.3, 0.4) is 0 Å². The molecule has 1 aromatic rings. The standard InChI is InChI=1S/C14H25N3O2S/c1-4-6-8-12(5-2)11-17-20(18,19)14-13(15-3)9-7-10-16-14/h7,9-10,12,15,17H,4-6,8,11H2,1-3H3. The molecule has 1 aromatic heterocycles. The molecule has 0 aromatic carbocycles.